The van der Waals surface area contributed by atoms with Gasteiger partial charge >= 0.3 is 0 Å². The lowest BCUT2D eigenvalue weighted by molar-refractivity contribution is 0.103. The fraction of sp³-hybridized carbons (Fsp3) is 0.143. The first kappa shape index (κ1) is 19.7. The molecule has 0 atom stereocenters. The zero-order valence-electron chi connectivity index (χ0n) is 15.3. The highest BCUT2D eigenvalue weighted by Crippen LogP contribution is 2.31. The number of halogens is 2. The maximum absolute atomic E-state index is 14.4. The second-order valence-corrected chi connectivity index (χ2v) is 6.85. The van der Waals surface area contributed by atoms with Crippen molar-refractivity contribution in [2.75, 3.05) is 11.9 Å². The van der Waals surface area contributed by atoms with Gasteiger partial charge in [-0.15, -0.1) is 11.3 Å². The molecule has 3 rings (SSSR count). The normalized spacial score (nSPS) is 11.0. The highest BCUT2D eigenvalue weighted by atomic mass is 32.1. The molecule has 0 spiro atoms. The van der Waals surface area contributed by atoms with Gasteiger partial charge in [0.2, 0.25) is 0 Å². The van der Waals surface area contributed by atoms with E-state index in [2.05, 4.69) is 10.5 Å². The SMILES string of the molecule is CCO/N=C/c1c(F)cc(-c2ccccc2NC(=O)c2sccc2C)cc1F. The summed E-state index contributed by atoms with van der Waals surface area (Å²) in [5.41, 5.74) is 1.87. The van der Waals surface area contributed by atoms with Gasteiger partial charge in [-0.25, -0.2) is 8.78 Å². The van der Waals surface area contributed by atoms with E-state index in [-0.39, 0.29) is 11.5 Å². The Bertz CT molecular complexity index is 1010. The molecule has 3 aromatic rings. The lowest BCUT2D eigenvalue weighted by atomic mass is 10.0. The molecule has 0 aliphatic heterocycles. The number of oxime groups is 1. The monoisotopic (exact) mass is 400 g/mol. The number of hydrogen-bond acceptors (Lipinski definition) is 4. The molecular weight excluding hydrogens is 382 g/mol. The molecule has 1 heterocycles. The number of rotatable bonds is 6. The quantitative estimate of drug-likeness (QED) is 0.431. The molecule has 1 amide bonds. The van der Waals surface area contributed by atoms with Crippen LogP contribution in [0, 0.1) is 18.6 Å². The third-order valence-corrected chi connectivity index (χ3v) is 5.03. The van der Waals surface area contributed by atoms with Crippen molar-refractivity contribution in [1.82, 2.24) is 0 Å². The van der Waals surface area contributed by atoms with Crippen molar-refractivity contribution in [3.8, 4) is 11.1 Å². The van der Waals surface area contributed by atoms with E-state index >= 15 is 0 Å². The number of carbonyl (C=O) groups excluding carboxylic acids is 1. The van der Waals surface area contributed by atoms with Crippen LogP contribution in [0.5, 0.6) is 0 Å². The highest BCUT2D eigenvalue weighted by molar-refractivity contribution is 7.12. The Kier molecular flexibility index (Phi) is 6.16. The Morgan fingerprint density at radius 1 is 1.21 bits per heavy atom. The van der Waals surface area contributed by atoms with Crippen molar-refractivity contribution >= 4 is 29.1 Å². The summed E-state index contributed by atoms with van der Waals surface area (Å²) >= 11 is 1.34. The molecule has 0 saturated heterocycles. The van der Waals surface area contributed by atoms with E-state index in [1.165, 1.54) is 23.5 Å². The molecular formula is C21H18F2N2O2S. The fourth-order valence-electron chi connectivity index (χ4n) is 2.66. The van der Waals surface area contributed by atoms with Crippen LogP contribution < -0.4 is 5.32 Å². The summed E-state index contributed by atoms with van der Waals surface area (Å²) in [4.78, 5) is 17.9. The summed E-state index contributed by atoms with van der Waals surface area (Å²) in [5.74, 6) is -1.80. The molecule has 0 bridgehead atoms. The number of amides is 1. The number of anilines is 1. The van der Waals surface area contributed by atoms with Gasteiger partial charge in [0, 0.05) is 11.3 Å². The summed E-state index contributed by atoms with van der Waals surface area (Å²) in [6.07, 6.45) is 1.01. The Balaban J connectivity index is 1.95. The lowest BCUT2D eigenvalue weighted by Gasteiger charge is -2.12. The van der Waals surface area contributed by atoms with E-state index in [1.54, 1.807) is 31.2 Å². The molecule has 0 saturated carbocycles. The Labute approximate surface area is 165 Å². The summed E-state index contributed by atoms with van der Waals surface area (Å²) in [6, 6.07) is 11.1. The molecule has 4 nitrogen and oxygen atoms in total. The van der Waals surface area contributed by atoms with Crippen LogP contribution in [0.15, 0.2) is 53.0 Å². The molecule has 1 N–H and O–H groups in total. The lowest BCUT2D eigenvalue weighted by Crippen LogP contribution is -2.12. The van der Waals surface area contributed by atoms with Crippen LogP contribution in [0.2, 0.25) is 0 Å². The summed E-state index contributed by atoms with van der Waals surface area (Å²) in [5, 5.41) is 8.18. The topological polar surface area (TPSA) is 50.7 Å². The predicted octanol–water partition coefficient (Wildman–Crippen LogP) is 5.62. The minimum absolute atomic E-state index is 0.263. The fourth-order valence-corrected chi connectivity index (χ4v) is 3.48. The van der Waals surface area contributed by atoms with E-state index in [1.807, 2.05) is 18.4 Å². The van der Waals surface area contributed by atoms with Crippen LogP contribution in [-0.4, -0.2) is 18.7 Å². The maximum atomic E-state index is 14.4. The van der Waals surface area contributed by atoms with Gasteiger partial charge in [0.15, 0.2) is 0 Å². The highest BCUT2D eigenvalue weighted by Gasteiger charge is 2.16. The second kappa shape index (κ2) is 8.75. The number of nitrogens with zero attached hydrogens (tertiary/aromatic N) is 1. The zero-order valence-corrected chi connectivity index (χ0v) is 16.1. The van der Waals surface area contributed by atoms with Crippen LogP contribution in [0.4, 0.5) is 14.5 Å². The maximum Gasteiger partial charge on any atom is 0.266 e. The first-order valence-corrected chi connectivity index (χ1v) is 9.48. The molecule has 1 aromatic heterocycles. The standard InChI is InChI=1S/C21H18F2N2O2S/c1-3-27-24-12-16-17(22)10-14(11-18(16)23)15-6-4-5-7-19(15)25-21(26)20-13(2)8-9-28-20/h4-12H,3H2,1-2H3,(H,25,26)/b24-12+. The molecule has 0 unspecified atom stereocenters. The van der Waals surface area contributed by atoms with E-state index in [4.69, 9.17) is 4.84 Å². The van der Waals surface area contributed by atoms with Crippen molar-refractivity contribution in [3.05, 3.63) is 75.5 Å². The first-order chi connectivity index (χ1) is 13.5. The van der Waals surface area contributed by atoms with Crippen molar-refractivity contribution in [2.45, 2.75) is 13.8 Å². The predicted molar refractivity (Wildman–Crippen MR) is 108 cm³/mol. The minimum atomic E-state index is -0.770. The van der Waals surface area contributed by atoms with Gasteiger partial charge in [-0.05, 0) is 54.6 Å². The summed E-state index contributed by atoms with van der Waals surface area (Å²) in [6.45, 7) is 3.87. The third-order valence-electron chi connectivity index (χ3n) is 4.02. The average molecular weight is 400 g/mol. The number of nitrogens with one attached hydrogen (secondary N) is 1. The molecule has 7 heteroatoms. The van der Waals surface area contributed by atoms with E-state index in [0.717, 1.165) is 11.8 Å². The number of carbonyl (C=O) groups is 1. The van der Waals surface area contributed by atoms with E-state index in [0.29, 0.717) is 28.3 Å². The minimum Gasteiger partial charge on any atom is -0.396 e. The smallest absolute Gasteiger partial charge is 0.266 e. The second-order valence-electron chi connectivity index (χ2n) is 5.94. The van der Waals surface area contributed by atoms with Gasteiger partial charge in [0.25, 0.3) is 5.91 Å². The van der Waals surface area contributed by atoms with Crippen molar-refractivity contribution in [1.29, 1.82) is 0 Å². The number of thiophene rings is 1. The molecule has 0 radical (unpaired) electrons. The van der Waals surface area contributed by atoms with E-state index < -0.39 is 11.6 Å². The van der Waals surface area contributed by atoms with Crippen molar-refractivity contribution < 1.29 is 18.4 Å². The van der Waals surface area contributed by atoms with Crippen molar-refractivity contribution in [3.63, 3.8) is 0 Å². The van der Waals surface area contributed by atoms with Crippen molar-refractivity contribution in [2.24, 2.45) is 5.16 Å². The Hall–Kier alpha value is -3.06. The largest absolute Gasteiger partial charge is 0.396 e. The van der Waals surface area contributed by atoms with Crippen LogP contribution in [0.25, 0.3) is 11.1 Å². The number of benzene rings is 2. The third kappa shape index (κ3) is 4.26. The summed E-state index contributed by atoms with van der Waals surface area (Å²) in [7, 11) is 0. The number of hydrogen-bond donors (Lipinski definition) is 1. The zero-order chi connectivity index (χ0) is 20.1. The van der Waals surface area contributed by atoms with Gasteiger partial charge < -0.3 is 10.2 Å². The average Bonchev–Trinajstić information content (AvgIpc) is 3.10. The van der Waals surface area contributed by atoms with Crippen LogP contribution >= 0.6 is 11.3 Å². The van der Waals surface area contributed by atoms with Crippen LogP contribution in [-0.2, 0) is 4.84 Å². The van der Waals surface area contributed by atoms with Crippen LogP contribution in [0.1, 0.15) is 27.7 Å². The molecule has 2 aromatic carbocycles. The Morgan fingerprint density at radius 2 is 1.93 bits per heavy atom. The van der Waals surface area contributed by atoms with Gasteiger partial charge in [0.05, 0.1) is 16.7 Å². The van der Waals surface area contributed by atoms with E-state index in [9.17, 15) is 13.6 Å². The molecule has 0 fully saturated rings. The molecule has 28 heavy (non-hydrogen) atoms. The van der Waals surface area contributed by atoms with Gasteiger partial charge in [0.1, 0.15) is 18.2 Å². The van der Waals surface area contributed by atoms with Gasteiger partial charge in [-0.1, -0.05) is 23.4 Å². The summed E-state index contributed by atoms with van der Waals surface area (Å²) < 4.78 is 28.8. The first-order valence-electron chi connectivity index (χ1n) is 8.60. The number of para-hydroxylation sites is 1. The molecule has 144 valence electrons. The Morgan fingerprint density at radius 3 is 2.57 bits per heavy atom. The number of aryl methyl sites for hydroxylation is 1. The molecule has 0 aliphatic rings. The van der Waals surface area contributed by atoms with Crippen LogP contribution in [0.3, 0.4) is 0 Å². The molecule has 0 aliphatic carbocycles. The van der Waals surface area contributed by atoms with Gasteiger partial charge in [-0.3, -0.25) is 4.79 Å². The van der Waals surface area contributed by atoms with Gasteiger partial charge in [-0.2, -0.15) is 0 Å².